The molecule has 2 N–H and O–H groups in total. The summed E-state index contributed by atoms with van der Waals surface area (Å²) in [5, 5.41) is 8.33. The molecule has 6 rings (SSSR count). The van der Waals surface area contributed by atoms with E-state index in [4.69, 9.17) is 19.4 Å². The van der Waals surface area contributed by atoms with Crippen LogP contribution in [0.2, 0.25) is 0 Å². The fraction of sp³-hybridized carbons (Fsp3) is 0.296. The van der Waals surface area contributed by atoms with Gasteiger partial charge in [0.15, 0.2) is 11.6 Å². The average Bonchev–Trinajstić information content (AvgIpc) is 3.54. The maximum atomic E-state index is 11.9. The van der Waals surface area contributed by atoms with E-state index >= 15 is 0 Å². The molecule has 4 heterocycles. The minimum absolute atomic E-state index is 0.0234. The first-order chi connectivity index (χ1) is 17.7. The molecular weight excluding hydrogens is 474 g/mol. The van der Waals surface area contributed by atoms with Gasteiger partial charge < -0.3 is 20.1 Å². The van der Waals surface area contributed by atoms with Crippen molar-refractivity contribution >= 4 is 39.0 Å². The minimum Gasteiger partial charge on any atom is -0.494 e. The van der Waals surface area contributed by atoms with Gasteiger partial charge in [0, 0.05) is 43.0 Å². The molecule has 2 aromatic carbocycles. The second-order valence-corrected chi connectivity index (χ2v) is 9.81. The molecule has 0 aliphatic carbocycles. The summed E-state index contributed by atoms with van der Waals surface area (Å²) in [6, 6.07) is 15.7. The molecule has 0 saturated carbocycles. The molecule has 0 unspecified atom stereocenters. The monoisotopic (exact) mass is 501 g/mol. The Hall–Kier alpha value is -3.53. The van der Waals surface area contributed by atoms with E-state index < -0.39 is 0 Å². The summed E-state index contributed by atoms with van der Waals surface area (Å²) in [6.45, 7) is 5.85. The van der Waals surface area contributed by atoms with Gasteiger partial charge in [0.05, 0.1) is 30.0 Å². The van der Waals surface area contributed by atoms with Gasteiger partial charge in [0.25, 0.3) is 5.91 Å². The van der Waals surface area contributed by atoms with Crippen molar-refractivity contribution in [3.05, 3.63) is 65.0 Å². The van der Waals surface area contributed by atoms with Crippen LogP contribution in [0, 0.1) is 0 Å². The van der Waals surface area contributed by atoms with Gasteiger partial charge in [-0.1, -0.05) is 12.1 Å². The number of fused-ring (bicyclic) bond motifs is 2. The standard InChI is InChI=1S/C27H27N5O3S/c33-27-22-6-5-20(15-19(22)17-28-27)29-26-24-23(7-14-36-24)30-25(31-26)18-3-1-4-21(16-18)35-11-2-8-32-9-12-34-13-10-32/h1,3-7,14-16H,2,8-13,17H2,(H,28,33)(H,29,30,31). The number of nitrogens with one attached hydrogen (secondary N) is 2. The van der Waals surface area contributed by atoms with Crippen molar-refractivity contribution in [2.45, 2.75) is 13.0 Å². The van der Waals surface area contributed by atoms with Crippen molar-refractivity contribution in [3.8, 4) is 17.1 Å². The van der Waals surface area contributed by atoms with E-state index in [9.17, 15) is 4.79 Å². The molecule has 8 nitrogen and oxygen atoms in total. The molecule has 1 saturated heterocycles. The number of aromatic nitrogens is 2. The number of rotatable bonds is 8. The van der Waals surface area contributed by atoms with Gasteiger partial charge in [0.1, 0.15) is 5.75 Å². The lowest BCUT2D eigenvalue weighted by Gasteiger charge is -2.26. The Morgan fingerprint density at radius 3 is 2.94 bits per heavy atom. The molecular formula is C27H27N5O3S. The van der Waals surface area contributed by atoms with Gasteiger partial charge in [-0.05, 0) is 53.8 Å². The van der Waals surface area contributed by atoms with Crippen molar-refractivity contribution in [1.82, 2.24) is 20.2 Å². The normalized spacial score (nSPS) is 15.6. The van der Waals surface area contributed by atoms with Crippen LogP contribution in [-0.2, 0) is 11.3 Å². The average molecular weight is 502 g/mol. The molecule has 4 aromatic rings. The van der Waals surface area contributed by atoms with Crippen molar-refractivity contribution in [2.75, 3.05) is 44.8 Å². The van der Waals surface area contributed by atoms with Crippen LogP contribution in [0.15, 0.2) is 53.9 Å². The molecule has 2 aliphatic rings. The maximum absolute atomic E-state index is 11.9. The number of carbonyl (C=O) groups is 1. The van der Waals surface area contributed by atoms with E-state index in [0.29, 0.717) is 19.0 Å². The van der Waals surface area contributed by atoms with Crippen LogP contribution in [-0.4, -0.2) is 60.2 Å². The Morgan fingerprint density at radius 2 is 2.03 bits per heavy atom. The third-order valence-corrected chi connectivity index (χ3v) is 7.35. The highest BCUT2D eigenvalue weighted by molar-refractivity contribution is 7.17. The molecule has 0 atom stereocenters. The predicted octanol–water partition coefficient (Wildman–Crippen LogP) is 4.45. The lowest BCUT2D eigenvalue weighted by atomic mass is 10.1. The highest BCUT2D eigenvalue weighted by Crippen LogP contribution is 2.32. The van der Waals surface area contributed by atoms with Gasteiger partial charge in [-0.25, -0.2) is 9.97 Å². The molecule has 9 heteroatoms. The zero-order chi connectivity index (χ0) is 24.3. The van der Waals surface area contributed by atoms with Crippen LogP contribution in [0.3, 0.4) is 0 Å². The summed E-state index contributed by atoms with van der Waals surface area (Å²) in [5.74, 6) is 2.18. The first-order valence-electron chi connectivity index (χ1n) is 12.2. The van der Waals surface area contributed by atoms with E-state index in [1.54, 1.807) is 11.3 Å². The number of amides is 1. The van der Waals surface area contributed by atoms with Gasteiger partial charge in [-0.2, -0.15) is 0 Å². The Kier molecular flexibility index (Phi) is 6.50. The minimum atomic E-state index is -0.0234. The number of carbonyl (C=O) groups excluding carboxylic acids is 1. The van der Waals surface area contributed by atoms with E-state index in [-0.39, 0.29) is 5.91 Å². The first-order valence-corrected chi connectivity index (χ1v) is 13.1. The molecule has 0 spiro atoms. The first kappa shape index (κ1) is 22.9. The highest BCUT2D eigenvalue weighted by atomic mass is 32.1. The van der Waals surface area contributed by atoms with Crippen molar-refractivity contribution < 1.29 is 14.3 Å². The number of benzene rings is 2. The fourth-order valence-corrected chi connectivity index (χ4v) is 5.33. The summed E-state index contributed by atoms with van der Waals surface area (Å²) in [6.07, 6.45) is 0.970. The molecule has 2 aliphatic heterocycles. The second kappa shape index (κ2) is 10.2. The molecule has 36 heavy (non-hydrogen) atoms. The van der Waals surface area contributed by atoms with Crippen LogP contribution in [0.25, 0.3) is 21.6 Å². The third kappa shape index (κ3) is 4.90. The topological polar surface area (TPSA) is 88.6 Å². The van der Waals surface area contributed by atoms with Crippen LogP contribution in [0.1, 0.15) is 22.3 Å². The second-order valence-electron chi connectivity index (χ2n) is 8.89. The number of anilines is 2. The number of hydrogen-bond acceptors (Lipinski definition) is 8. The van der Waals surface area contributed by atoms with Crippen LogP contribution in [0.5, 0.6) is 5.75 Å². The highest BCUT2D eigenvalue weighted by Gasteiger charge is 2.19. The largest absolute Gasteiger partial charge is 0.494 e. The van der Waals surface area contributed by atoms with Gasteiger partial charge in [-0.15, -0.1) is 11.3 Å². The number of nitrogens with zero attached hydrogens (tertiary/aromatic N) is 3. The Labute approximate surface area is 213 Å². The van der Waals surface area contributed by atoms with Crippen LogP contribution >= 0.6 is 11.3 Å². The van der Waals surface area contributed by atoms with E-state index in [1.807, 2.05) is 53.9 Å². The van der Waals surface area contributed by atoms with Crippen molar-refractivity contribution in [2.24, 2.45) is 0 Å². The number of ether oxygens (including phenoxy) is 2. The Balaban J connectivity index is 1.19. The Morgan fingerprint density at radius 1 is 1.11 bits per heavy atom. The smallest absolute Gasteiger partial charge is 0.251 e. The SMILES string of the molecule is O=C1NCc2cc(Nc3nc(-c4cccc(OCCCN5CCOCC5)c4)nc4ccsc34)ccc21. The zero-order valence-electron chi connectivity index (χ0n) is 19.8. The van der Waals surface area contributed by atoms with Gasteiger partial charge in [-0.3, -0.25) is 9.69 Å². The molecule has 1 amide bonds. The quantitative estimate of drug-likeness (QED) is 0.345. The van der Waals surface area contributed by atoms with Gasteiger partial charge >= 0.3 is 0 Å². The summed E-state index contributed by atoms with van der Waals surface area (Å²) in [7, 11) is 0. The van der Waals surface area contributed by atoms with Gasteiger partial charge in [0.2, 0.25) is 0 Å². The zero-order valence-corrected chi connectivity index (χ0v) is 20.6. The van der Waals surface area contributed by atoms with E-state index in [2.05, 4.69) is 15.5 Å². The van der Waals surface area contributed by atoms with E-state index in [1.165, 1.54) is 0 Å². The number of hydrogen-bond donors (Lipinski definition) is 2. The Bertz CT molecular complexity index is 1400. The summed E-state index contributed by atoms with van der Waals surface area (Å²) in [5.41, 5.74) is 4.40. The molecule has 0 bridgehead atoms. The summed E-state index contributed by atoms with van der Waals surface area (Å²) >= 11 is 1.60. The molecule has 184 valence electrons. The van der Waals surface area contributed by atoms with Crippen molar-refractivity contribution in [1.29, 1.82) is 0 Å². The number of thiophene rings is 1. The molecule has 1 fully saturated rings. The predicted molar refractivity (Wildman–Crippen MR) is 141 cm³/mol. The molecule has 0 radical (unpaired) electrons. The van der Waals surface area contributed by atoms with Crippen LogP contribution in [0.4, 0.5) is 11.5 Å². The fourth-order valence-electron chi connectivity index (χ4n) is 4.55. The lowest BCUT2D eigenvalue weighted by Crippen LogP contribution is -2.37. The lowest BCUT2D eigenvalue weighted by molar-refractivity contribution is 0.0358. The molecule has 2 aromatic heterocycles. The van der Waals surface area contributed by atoms with Crippen molar-refractivity contribution in [3.63, 3.8) is 0 Å². The maximum Gasteiger partial charge on any atom is 0.251 e. The number of morpholine rings is 1. The third-order valence-electron chi connectivity index (χ3n) is 6.44. The summed E-state index contributed by atoms with van der Waals surface area (Å²) < 4.78 is 12.4. The van der Waals surface area contributed by atoms with E-state index in [0.717, 1.165) is 83.4 Å². The van der Waals surface area contributed by atoms with Crippen LogP contribution < -0.4 is 15.4 Å². The summed E-state index contributed by atoms with van der Waals surface area (Å²) in [4.78, 5) is 24.0.